The topological polar surface area (TPSA) is 103 Å². The quantitative estimate of drug-likeness (QED) is 0.276. The fourth-order valence-electron chi connectivity index (χ4n) is 4.67. The zero-order chi connectivity index (χ0) is 24.6. The summed E-state index contributed by atoms with van der Waals surface area (Å²) in [6.07, 6.45) is 4.96. The van der Waals surface area contributed by atoms with Crippen molar-refractivity contribution in [2.75, 3.05) is 13.1 Å². The van der Waals surface area contributed by atoms with Crippen molar-refractivity contribution >= 4 is 21.1 Å². The zero-order valence-electron chi connectivity index (χ0n) is 18.6. The molecule has 0 saturated heterocycles. The number of nitrogens with zero attached hydrogens (tertiary/aromatic N) is 1. The summed E-state index contributed by atoms with van der Waals surface area (Å²) in [7, 11) is -3.65. The van der Waals surface area contributed by atoms with E-state index in [1.165, 1.54) is 24.5 Å². The molecule has 4 aromatic rings. The van der Waals surface area contributed by atoms with Crippen molar-refractivity contribution < 1.29 is 21.6 Å². The average Bonchev–Trinajstić information content (AvgIpc) is 3.42. The first kappa shape index (κ1) is 23.6. The lowest BCUT2D eigenvalue weighted by atomic mass is 9.70. The molecule has 184 valence electrons. The van der Waals surface area contributed by atoms with Crippen LogP contribution in [0.5, 0.6) is 0 Å². The Morgan fingerprint density at radius 2 is 1.80 bits per heavy atom. The summed E-state index contributed by atoms with van der Waals surface area (Å²) in [4.78, 5) is 9.86. The average molecular weight is 504 g/mol. The predicted molar refractivity (Wildman–Crippen MR) is 126 cm³/mol. The van der Waals surface area contributed by atoms with Crippen LogP contribution in [0.4, 0.5) is 13.2 Å². The van der Waals surface area contributed by atoms with Crippen molar-refractivity contribution in [3.05, 3.63) is 77.6 Å². The highest BCUT2D eigenvalue weighted by Crippen LogP contribution is 2.48. The van der Waals surface area contributed by atoms with Gasteiger partial charge in [0, 0.05) is 42.9 Å². The molecule has 2 aromatic heterocycles. The molecule has 0 radical (unpaired) electrons. The van der Waals surface area contributed by atoms with Gasteiger partial charge >= 0.3 is 0 Å². The minimum absolute atomic E-state index is 0.0205. The molecule has 11 heteroatoms. The number of aromatic amines is 2. The van der Waals surface area contributed by atoms with Gasteiger partial charge in [0.15, 0.2) is 0 Å². The zero-order valence-corrected chi connectivity index (χ0v) is 19.4. The van der Waals surface area contributed by atoms with E-state index in [1.807, 2.05) is 0 Å². The van der Waals surface area contributed by atoms with Crippen LogP contribution in [0.2, 0.25) is 0 Å². The summed E-state index contributed by atoms with van der Waals surface area (Å²) in [5.74, 6) is -1.70. The number of halogens is 3. The number of hydrogen-bond acceptors (Lipinski definition) is 3. The molecule has 0 spiro atoms. The molecule has 1 aliphatic carbocycles. The second-order valence-electron chi connectivity index (χ2n) is 8.84. The lowest BCUT2D eigenvalue weighted by molar-refractivity contribution is 0.267. The van der Waals surface area contributed by atoms with E-state index in [4.69, 9.17) is 0 Å². The molecular weight excluding hydrogens is 479 g/mol. The molecule has 0 amide bonds. The molecule has 1 aliphatic rings. The van der Waals surface area contributed by atoms with E-state index >= 15 is 0 Å². The van der Waals surface area contributed by atoms with Gasteiger partial charge in [-0.2, -0.15) is 8.42 Å². The number of H-pyrrole nitrogens is 2. The van der Waals surface area contributed by atoms with E-state index in [0.717, 1.165) is 17.3 Å². The van der Waals surface area contributed by atoms with Crippen LogP contribution < -0.4 is 9.44 Å². The molecule has 35 heavy (non-hydrogen) atoms. The van der Waals surface area contributed by atoms with Crippen molar-refractivity contribution in [2.45, 2.75) is 25.2 Å². The molecule has 7 nitrogen and oxygen atoms in total. The number of aromatic nitrogens is 3. The maximum atomic E-state index is 14.5. The summed E-state index contributed by atoms with van der Waals surface area (Å²) < 4.78 is 71.6. The van der Waals surface area contributed by atoms with Gasteiger partial charge in [-0.15, -0.1) is 0 Å². The Kier molecular flexibility index (Phi) is 6.39. The molecule has 5 rings (SSSR count). The molecule has 0 atom stereocenters. The molecular formula is C24H24F3N5O2S. The van der Waals surface area contributed by atoms with Crippen molar-refractivity contribution in [2.24, 2.45) is 5.92 Å². The van der Waals surface area contributed by atoms with Gasteiger partial charge in [0.05, 0.1) is 17.5 Å². The van der Waals surface area contributed by atoms with Crippen molar-refractivity contribution in [3.63, 3.8) is 0 Å². The van der Waals surface area contributed by atoms with E-state index in [2.05, 4.69) is 24.4 Å². The molecule has 1 saturated carbocycles. The first-order valence-electron chi connectivity index (χ1n) is 11.3. The minimum Gasteiger partial charge on any atom is -0.352 e. The number of hydrogen-bond donors (Lipinski definition) is 4. The van der Waals surface area contributed by atoms with Crippen LogP contribution in [0.3, 0.4) is 0 Å². The standard InChI is InChI=1S/C24H24F3N5O2S/c25-17-3-1-15(2-4-17)23-22(20-9-18(26)10-21(27)24(20)32-23)16-7-14(8-16)11-31-35(33,34)30-6-5-19-12-28-13-29-19/h1-4,9-10,12-14,16,30-32H,5-8,11H2,(H,28,29). The molecule has 0 bridgehead atoms. The van der Waals surface area contributed by atoms with Gasteiger partial charge in [-0.25, -0.2) is 27.6 Å². The molecule has 1 fully saturated rings. The van der Waals surface area contributed by atoms with E-state index in [0.29, 0.717) is 35.9 Å². The Labute approximate surface area is 200 Å². The molecule has 4 N–H and O–H groups in total. The summed E-state index contributed by atoms with van der Waals surface area (Å²) in [6, 6.07) is 7.96. The van der Waals surface area contributed by atoms with Crippen LogP contribution in [-0.4, -0.2) is 36.5 Å². The fraction of sp³-hybridized carbons (Fsp3) is 0.292. The number of imidazole rings is 1. The van der Waals surface area contributed by atoms with Crippen LogP contribution >= 0.6 is 0 Å². The lowest BCUT2D eigenvalue weighted by Crippen LogP contribution is -2.42. The number of rotatable bonds is 9. The van der Waals surface area contributed by atoms with E-state index in [9.17, 15) is 21.6 Å². The molecule has 2 aromatic carbocycles. The minimum atomic E-state index is -3.65. The second-order valence-corrected chi connectivity index (χ2v) is 10.4. The van der Waals surface area contributed by atoms with Crippen LogP contribution in [-0.2, 0) is 16.6 Å². The normalized spacial score (nSPS) is 18.1. The highest BCUT2D eigenvalue weighted by Gasteiger charge is 2.35. The van der Waals surface area contributed by atoms with E-state index < -0.39 is 27.7 Å². The highest BCUT2D eigenvalue weighted by molar-refractivity contribution is 7.87. The molecule has 0 aliphatic heterocycles. The first-order valence-corrected chi connectivity index (χ1v) is 12.8. The monoisotopic (exact) mass is 503 g/mol. The van der Waals surface area contributed by atoms with Gasteiger partial charge in [0.1, 0.15) is 17.5 Å². The van der Waals surface area contributed by atoms with Gasteiger partial charge in [-0.3, -0.25) is 0 Å². The number of fused-ring (bicyclic) bond motifs is 1. The van der Waals surface area contributed by atoms with Crippen LogP contribution in [0, 0.1) is 23.4 Å². The number of nitrogens with one attached hydrogen (secondary N) is 4. The van der Waals surface area contributed by atoms with Gasteiger partial charge in [-0.05, 0) is 66.1 Å². The summed E-state index contributed by atoms with van der Waals surface area (Å²) >= 11 is 0. The Hall–Kier alpha value is -3.15. The maximum Gasteiger partial charge on any atom is 0.276 e. The van der Waals surface area contributed by atoms with Gasteiger partial charge in [-0.1, -0.05) is 0 Å². The largest absolute Gasteiger partial charge is 0.352 e. The third-order valence-corrected chi connectivity index (χ3v) is 7.58. The van der Waals surface area contributed by atoms with Gasteiger partial charge in [0.25, 0.3) is 10.2 Å². The van der Waals surface area contributed by atoms with Crippen molar-refractivity contribution in [1.82, 2.24) is 24.4 Å². The van der Waals surface area contributed by atoms with Gasteiger partial charge < -0.3 is 9.97 Å². The SMILES string of the molecule is O=S(=O)(NCCc1cnc[nH]1)NCC1CC(c2c(-c3ccc(F)cc3)[nH]c3c(F)cc(F)cc23)C1. The van der Waals surface area contributed by atoms with E-state index in [1.54, 1.807) is 18.3 Å². The van der Waals surface area contributed by atoms with Gasteiger partial charge in [0.2, 0.25) is 0 Å². The summed E-state index contributed by atoms with van der Waals surface area (Å²) in [5.41, 5.74) is 3.09. The summed E-state index contributed by atoms with van der Waals surface area (Å²) in [5, 5.41) is 0.450. The third kappa shape index (κ3) is 5.12. The second kappa shape index (κ2) is 9.48. The Morgan fingerprint density at radius 3 is 2.51 bits per heavy atom. The Balaban J connectivity index is 1.27. The van der Waals surface area contributed by atoms with E-state index in [-0.39, 0.29) is 30.4 Å². The number of benzene rings is 2. The Morgan fingerprint density at radius 1 is 1.03 bits per heavy atom. The van der Waals surface area contributed by atoms with Crippen molar-refractivity contribution in [1.29, 1.82) is 0 Å². The highest BCUT2D eigenvalue weighted by atomic mass is 32.2. The van der Waals surface area contributed by atoms with Crippen LogP contribution in [0.15, 0.2) is 48.9 Å². The predicted octanol–water partition coefficient (Wildman–Crippen LogP) is 4.14. The lowest BCUT2D eigenvalue weighted by Gasteiger charge is -2.36. The Bertz CT molecular complexity index is 1430. The van der Waals surface area contributed by atoms with Crippen LogP contribution in [0.25, 0.3) is 22.2 Å². The molecule has 2 heterocycles. The van der Waals surface area contributed by atoms with Crippen LogP contribution in [0.1, 0.15) is 30.0 Å². The molecule has 0 unspecified atom stereocenters. The fourth-order valence-corrected chi connectivity index (χ4v) is 5.59. The summed E-state index contributed by atoms with van der Waals surface area (Å²) in [6.45, 7) is 0.491. The first-order chi connectivity index (χ1) is 16.8. The smallest absolute Gasteiger partial charge is 0.276 e. The maximum absolute atomic E-state index is 14.5. The third-order valence-electron chi connectivity index (χ3n) is 6.44. The van der Waals surface area contributed by atoms with Crippen molar-refractivity contribution in [3.8, 4) is 11.3 Å².